The highest BCUT2D eigenvalue weighted by atomic mass is 32.7. The molecule has 68 heavy (non-hydrogen) atoms. The molecule has 0 saturated carbocycles. The third-order valence-electron chi connectivity index (χ3n) is 11.2. The van der Waals surface area contributed by atoms with E-state index in [1.165, 1.54) is 41.4 Å². The van der Waals surface area contributed by atoms with Crippen molar-refractivity contribution in [2.45, 2.75) is 108 Å². The van der Waals surface area contributed by atoms with Crippen LogP contribution >= 0.6 is 26.4 Å². The van der Waals surface area contributed by atoms with E-state index in [9.17, 15) is 14.4 Å². The second kappa shape index (κ2) is 20.9. The number of alkyl halides is 2. The maximum atomic E-state index is 16.9. The smallest absolute Gasteiger partial charge is 0.382 e. The zero-order chi connectivity index (χ0) is 48.4. The van der Waals surface area contributed by atoms with Crippen LogP contribution < -0.4 is 27.4 Å². The summed E-state index contributed by atoms with van der Waals surface area (Å²) in [4.78, 5) is 63.1. The lowest BCUT2D eigenvalue weighted by molar-refractivity contribution is -0.131. The molecule has 3 saturated heterocycles. The Labute approximate surface area is 393 Å². The van der Waals surface area contributed by atoms with Gasteiger partial charge in [0.25, 0.3) is 0 Å². The number of anilines is 3. The molecule has 5 aromatic rings. The monoisotopic (exact) mass is 1000 g/mol. The summed E-state index contributed by atoms with van der Waals surface area (Å²) in [5, 5.41) is 8.13. The lowest BCUT2D eigenvalue weighted by Crippen LogP contribution is -2.53. The van der Waals surface area contributed by atoms with Gasteiger partial charge in [-0.05, 0) is 48.3 Å². The molecule has 0 spiro atoms. The Hall–Kier alpha value is -4.98. The fourth-order valence-electron chi connectivity index (χ4n) is 7.64. The summed E-state index contributed by atoms with van der Waals surface area (Å²) in [5.41, 5.74) is 13.6. The number of imidazole rings is 2. The molecule has 29 heteroatoms. The number of ether oxygens (including phenoxy) is 2. The van der Waals surface area contributed by atoms with Crippen molar-refractivity contribution in [1.82, 2.24) is 49.7 Å². The molecular weight excluding hydrogens is 953 g/mol. The number of nitrogens with zero attached hydrogens (tertiary/aromatic N) is 8. The summed E-state index contributed by atoms with van der Waals surface area (Å²) in [7, 11) is 3.91. The lowest BCUT2D eigenvalue weighted by atomic mass is 10.0. The molecule has 7 N–H and O–H groups in total. The number of halogens is 2. The summed E-state index contributed by atoms with van der Waals surface area (Å²) in [6, 6.07) is 4.68. The van der Waals surface area contributed by atoms with E-state index in [2.05, 4.69) is 45.9 Å². The number of fused-ring (bicyclic) bond motifs is 4. The maximum absolute atomic E-state index is 16.9. The molecule has 362 valence electrons. The molecule has 4 aromatic heterocycles. The normalized spacial score (nSPS) is 28.5. The molecule has 3 aliphatic rings. The van der Waals surface area contributed by atoms with Gasteiger partial charge in [-0.1, -0.05) is 32.9 Å². The zero-order valence-electron chi connectivity index (χ0n) is 37.0. The first-order valence-electron chi connectivity index (χ1n) is 21.4. The van der Waals surface area contributed by atoms with Crippen LogP contribution in [-0.4, -0.2) is 126 Å². The third kappa shape index (κ3) is 10.6. The first-order chi connectivity index (χ1) is 32.5. The van der Waals surface area contributed by atoms with Crippen LogP contribution in [0.25, 0.3) is 22.3 Å². The Morgan fingerprint density at radius 3 is 2.04 bits per heavy atom. The van der Waals surface area contributed by atoms with Crippen LogP contribution in [0.2, 0.25) is 0 Å². The molecular formula is C39H48BF2N13O10P2S. The number of carbonyl (C=O) groups is 3. The van der Waals surface area contributed by atoms with Crippen LogP contribution in [0.5, 0.6) is 0 Å². The number of hydrogen-bond acceptors (Lipinski definition) is 19. The van der Waals surface area contributed by atoms with Gasteiger partial charge >= 0.3 is 6.80 Å². The molecule has 7 heterocycles. The Morgan fingerprint density at radius 2 is 1.46 bits per heavy atom. The van der Waals surface area contributed by atoms with Gasteiger partial charge in [0.1, 0.15) is 68.4 Å². The average molecular weight is 1000 g/mol. The number of rotatable bonds is 13. The van der Waals surface area contributed by atoms with Gasteiger partial charge in [0, 0.05) is 17.9 Å². The second-order valence-electron chi connectivity index (χ2n) is 16.4. The van der Waals surface area contributed by atoms with Gasteiger partial charge in [-0.25, -0.2) is 43.2 Å². The highest BCUT2D eigenvalue weighted by Crippen LogP contribution is 2.64. The first kappa shape index (κ1) is 49.4. The van der Waals surface area contributed by atoms with Crippen molar-refractivity contribution in [3.63, 3.8) is 0 Å². The lowest BCUT2D eigenvalue weighted by Gasteiger charge is -2.30. The van der Waals surface area contributed by atoms with E-state index >= 15 is 13.3 Å². The van der Waals surface area contributed by atoms with E-state index in [0.29, 0.717) is 29.1 Å². The largest absolute Gasteiger partial charge is 0.389 e. The molecule has 1 aromatic carbocycles. The SMILES string of the molecule is [B]P1OC[C@H]2O[C@@H](n3cnc4c(N)ncnc43)[C@H](F)[C@@H]2OP(=O)(SCc2ccc(NC(=O)[C@H](C)NC(=O)C(NC(=O)CCC)C(C)C)cc2)OC[C@H]2O[C@@H](n3cnc4c(N)ncnc43)[C@H](F)[C@@H]2O1. The number of carbonyl (C=O) groups excluding carboxylic acids is 3. The third-order valence-corrected chi connectivity index (χ3v) is 15.7. The molecule has 3 unspecified atom stereocenters. The summed E-state index contributed by atoms with van der Waals surface area (Å²) in [6.45, 7) is 1.39. The van der Waals surface area contributed by atoms with E-state index in [-0.39, 0.29) is 58.0 Å². The number of nitrogens with two attached hydrogens (primary N) is 2. The van der Waals surface area contributed by atoms with Gasteiger partial charge in [-0.2, -0.15) is 0 Å². The average Bonchev–Trinajstić information content (AvgIpc) is 4.08. The summed E-state index contributed by atoms with van der Waals surface area (Å²) in [5.74, 6) is -1.44. The molecule has 3 aliphatic heterocycles. The number of amides is 3. The first-order valence-corrected chi connectivity index (χ1v) is 25.8. The molecule has 8 rings (SSSR count). The van der Waals surface area contributed by atoms with Gasteiger partial charge in [-0.15, -0.1) is 0 Å². The molecule has 23 nitrogen and oxygen atoms in total. The van der Waals surface area contributed by atoms with Crippen molar-refractivity contribution >= 4 is 91.4 Å². The molecule has 3 amide bonds. The van der Waals surface area contributed by atoms with E-state index in [1.807, 2.05) is 6.92 Å². The minimum Gasteiger partial charge on any atom is -0.382 e. The Bertz CT molecular complexity index is 2680. The second-order valence-corrected chi connectivity index (χ2v) is 21.4. The zero-order valence-corrected chi connectivity index (χ0v) is 39.6. The predicted octanol–water partition coefficient (Wildman–Crippen LogP) is 3.94. The van der Waals surface area contributed by atoms with Gasteiger partial charge < -0.3 is 45.9 Å². The van der Waals surface area contributed by atoms with Gasteiger partial charge in [0.2, 0.25) is 17.7 Å². The van der Waals surface area contributed by atoms with E-state index < -0.39 is 101 Å². The fraction of sp³-hybridized carbons (Fsp3) is 0.513. The number of nitrogen functional groups attached to an aromatic ring is 2. The number of nitrogens with one attached hydrogen (secondary N) is 3. The van der Waals surface area contributed by atoms with Crippen molar-refractivity contribution in [2.75, 3.05) is 30.0 Å². The minimum absolute atomic E-state index is 0.0359. The molecule has 2 radical (unpaired) electrons. The fourth-order valence-corrected chi connectivity index (χ4v) is 11.9. The van der Waals surface area contributed by atoms with Crippen LogP contribution in [0.15, 0.2) is 49.6 Å². The Kier molecular flexibility index (Phi) is 15.2. The van der Waals surface area contributed by atoms with Crippen molar-refractivity contribution in [3.8, 4) is 0 Å². The van der Waals surface area contributed by atoms with Crippen molar-refractivity contribution in [1.29, 1.82) is 0 Å². The van der Waals surface area contributed by atoms with E-state index in [0.717, 1.165) is 0 Å². The van der Waals surface area contributed by atoms with E-state index in [1.54, 1.807) is 38.1 Å². The van der Waals surface area contributed by atoms with Crippen molar-refractivity contribution in [2.24, 2.45) is 5.92 Å². The predicted molar refractivity (Wildman–Crippen MR) is 245 cm³/mol. The van der Waals surface area contributed by atoms with Crippen LogP contribution in [0.3, 0.4) is 0 Å². The highest BCUT2D eigenvalue weighted by molar-refractivity contribution is 8.54. The standard InChI is InChI=1S/C39H48BF2N13O10P2S/c1-5-6-24(56)53-27(18(2)3)37(58)51-19(4)36(57)52-21-9-7-20(8-10-21)13-68-67(59)61-12-23-30(25(41)38(63-23)54-16-49-28-32(43)45-14-47-34(28)54)64-66(40)60-11-22-31(65-67)26(42)39(62-22)55-17-50-29-33(44)46-15-48-35(29)55/h7-10,14-19,22-23,25-27,30-31,38-39H,5-6,11-13H2,1-4H3,(H,51,58)(H,52,57)(H,53,56)(H2,43,45,47)(H2,44,46,48)/t19-,22+,23+,25+,26+,27?,30+,31+,38+,39+,66?,67?/m0/s1. The minimum atomic E-state index is -4.50. The number of aromatic nitrogens is 8. The van der Waals surface area contributed by atoms with Crippen LogP contribution in [0.4, 0.5) is 26.1 Å². The maximum Gasteiger partial charge on any atom is 0.389 e. The van der Waals surface area contributed by atoms with Crippen LogP contribution in [0, 0.1) is 5.92 Å². The van der Waals surface area contributed by atoms with Crippen molar-refractivity contribution in [3.05, 3.63) is 55.1 Å². The Morgan fingerprint density at radius 1 is 0.868 bits per heavy atom. The van der Waals surface area contributed by atoms with Crippen LogP contribution in [0.1, 0.15) is 58.6 Å². The molecule has 12 atom stereocenters. The number of benzene rings is 1. The van der Waals surface area contributed by atoms with Gasteiger partial charge in [0.05, 0.1) is 25.9 Å². The number of hydrogen-bond donors (Lipinski definition) is 5. The topological polar surface area (TPSA) is 299 Å². The quantitative estimate of drug-likeness (QED) is 0.0824. The summed E-state index contributed by atoms with van der Waals surface area (Å²) in [6.07, 6.45) is -6.61. The van der Waals surface area contributed by atoms with Gasteiger partial charge in [0.15, 0.2) is 55.3 Å². The molecule has 0 bridgehead atoms. The Balaban J connectivity index is 1.00. The summed E-state index contributed by atoms with van der Waals surface area (Å²) >= 11 is 0.709. The van der Waals surface area contributed by atoms with Crippen LogP contribution in [-0.2, 0) is 52.3 Å². The molecule has 3 fully saturated rings. The van der Waals surface area contributed by atoms with Gasteiger partial charge in [-0.3, -0.25) is 32.6 Å². The highest BCUT2D eigenvalue weighted by Gasteiger charge is 2.54. The summed E-state index contributed by atoms with van der Waals surface area (Å²) < 4.78 is 87.3. The van der Waals surface area contributed by atoms with Crippen molar-refractivity contribution < 1.29 is 55.3 Å². The van der Waals surface area contributed by atoms with E-state index in [4.69, 9.17) is 46.6 Å². The molecule has 0 aliphatic carbocycles.